The third-order valence-corrected chi connectivity index (χ3v) is 5.92. The van der Waals surface area contributed by atoms with Gasteiger partial charge in [-0.2, -0.15) is 5.10 Å². The Morgan fingerprint density at radius 3 is 2.67 bits per heavy atom. The van der Waals surface area contributed by atoms with E-state index in [2.05, 4.69) is 30.9 Å². The lowest BCUT2D eigenvalue weighted by Gasteiger charge is -2.21. The summed E-state index contributed by atoms with van der Waals surface area (Å²) in [6, 6.07) is 7.68. The van der Waals surface area contributed by atoms with Crippen molar-refractivity contribution in [2.75, 3.05) is 6.61 Å². The number of hydrogen-bond donors (Lipinski definition) is 0. The number of hydrogen-bond acceptors (Lipinski definition) is 5. The topological polar surface area (TPSA) is 65.7 Å². The molecule has 0 spiro atoms. The first-order valence-electron chi connectivity index (χ1n) is 11.3. The van der Waals surface area contributed by atoms with Crippen molar-refractivity contribution in [1.82, 2.24) is 24.7 Å². The molecule has 0 N–H and O–H groups in total. The van der Waals surface area contributed by atoms with Gasteiger partial charge in [-0.15, -0.1) is 0 Å². The summed E-state index contributed by atoms with van der Waals surface area (Å²) in [7, 11) is 0. The van der Waals surface area contributed by atoms with Crippen molar-refractivity contribution in [3.8, 4) is 11.3 Å². The molecular formula is C25H25F2N5O. The fourth-order valence-electron chi connectivity index (χ4n) is 3.99. The molecule has 1 saturated heterocycles. The van der Waals surface area contributed by atoms with Crippen molar-refractivity contribution in [3.05, 3.63) is 71.9 Å². The zero-order valence-corrected chi connectivity index (χ0v) is 18.4. The van der Waals surface area contributed by atoms with Crippen LogP contribution in [0.1, 0.15) is 55.5 Å². The molecule has 1 aromatic carbocycles. The summed E-state index contributed by atoms with van der Waals surface area (Å²) in [5.74, 6) is -1.27. The van der Waals surface area contributed by atoms with E-state index in [0.29, 0.717) is 28.9 Å². The maximum atomic E-state index is 13.8. The summed E-state index contributed by atoms with van der Waals surface area (Å²) in [6.07, 6.45) is 12.1. The Kier molecular flexibility index (Phi) is 6.09. The normalized spacial score (nSPS) is 18.1. The van der Waals surface area contributed by atoms with Gasteiger partial charge in [0.05, 0.1) is 24.0 Å². The number of aromatic nitrogens is 5. The minimum atomic E-state index is -0.652. The van der Waals surface area contributed by atoms with E-state index in [1.54, 1.807) is 12.1 Å². The highest BCUT2D eigenvalue weighted by Gasteiger charge is 2.26. The summed E-state index contributed by atoms with van der Waals surface area (Å²) in [5.41, 5.74) is 3.23. The predicted octanol–water partition coefficient (Wildman–Crippen LogP) is 5.74. The molecule has 3 aromatic heterocycles. The highest BCUT2D eigenvalue weighted by atomic mass is 19.1. The first kappa shape index (κ1) is 21.6. The number of ether oxygens (including phenoxy) is 1. The second-order valence-electron chi connectivity index (χ2n) is 8.51. The van der Waals surface area contributed by atoms with Gasteiger partial charge in [0.2, 0.25) is 0 Å². The maximum Gasteiger partial charge on any atom is 0.163 e. The molecule has 6 rings (SSSR count). The number of benzene rings is 1. The fraction of sp³-hybridized carbons (Fsp3) is 0.360. The molecule has 170 valence electrons. The summed E-state index contributed by atoms with van der Waals surface area (Å²) in [6.45, 7) is 2.76. The number of aryl methyl sites for hydroxylation is 1. The van der Waals surface area contributed by atoms with Gasteiger partial charge < -0.3 is 4.74 Å². The Morgan fingerprint density at radius 2 is 1.91 bits per heavy atom. The Balaban J connectivity index is 0.000000144. The monoisotopic (exact) mass is 449 g/mol. The molecule has 0 radical (unpaired) electrons. The number of pyridine rings is 1. The zero-order valence-electron chi connectivity index (χ0n) is 18.4. The number of halogens is 2. The molecule has 33 heavy (non-hydrogen) atoms. The van der Waals surface area contributed by atoms with E-state index in [-0.39, 0.29) is 5.56 Å². The van der Waals surface area contributed by atoms with Gasteiger partial charge in [-0.3, -0.25) is 4.68 Å². The Hall–Kier alpha value is -3.26. The van der Waals surface area contributed by atoms with Crippen LogP contribution in [0.25, 0.3) is 22.3 Å². The molecule has 2 fully saturated rings. The van der Waals surface area contributed by atoms with E-state index in [0.717, 1.165) is 24.8 Å². The third kappa shape index (κ3) is 4.90. The van der Waals surface area contributed by atoms with E-state index >= 15 is 0 Å². The maximum absolute atomic E-state index is 13.8. The minimum Gasteiger partial charge on any atom is -0.373 e. The average Bonchev–Trinajstić information content (AvgIpc) is 3.56. The van der Waals surface area contributed by atoms with Crippen LogP contribution in [-0.2, 0) is 4.74 Å². The van der Waals surface area contributed by atoms with E-state index < -0.39 is 11.6 Å². The number of nitrogens with zero attached hydrogens (tertiary/aromatic N) is 5. The van der Waals surface area contributed by atoms with Crippen molar-refractivity contribution in [3.63, 3.8) is 0 Å². The predicted molar refractivity (Wildman–Crippen MR) is 120 cm³/mol. The van der Waals surface area contributed by atoms with Gasteiger partial charge in [-0.05, 0) is 63.3 Å². The smallest absolute Gasteiger partial charge is 0.163 e. The Morgan fingerprint density at radius 1 is 1.03 bits per heavy atom. The van der Waals surface area contributed by atoms with Gasteiger partial charge in [0, 0.05) is 41.1 Å². The lowest BCUT2D eigenvalue weighted by Crippen LogP contribution is -2.10. The first-order valence-corrected chi connectivity index (χ1v) is 11.3. The van der Waals surface area contributed by atoms with Crippen LogP contribution in [0, 0.1) is 18.6 Å². The summed E-state index contributed by atoms with van der Waals surface area (Å²) in [4.78, 5) is 12.4. The van der Waals surface area contributed by atoms with Crippen LogP contribution in [-0.4, -0.2) is 31.3 Å². The SMILES string of the molecule is Cc1ccc2c(-c3ccc(F)cc3F)ncnc2n1.c1nn(C2CC2)cc1C1CCCCO1. The lowest BCUT2D eigenvalue weighted by molar-refractivity contribution is 0.0149. The van der Waals surface area contributed by atoms with E-state index in [1.807, 2.05) is 13.1 Å². The van der Waals surface area contributed by atoms with Crippen molar-refractivity contribution >= 4 is 11.0 Å². The Labute approximate surface area is 190 Å². The molecule has 4 heterocycles. The third-order valence-electron chi connectivity index (χ3n) is 5.92. The minimum absolute atomic E-state index is 0.236. The zero-order chi connectivity index (χ0) is 22.8. The van der Waals surface area contributed by atoms with Crippen molar-refractivity contribution in [1.29, 1.82) is 0 Å². The summed E-state index contributed by atoms with van der Waals surface area (Å²) >= 11 is 0. The lowest BCUT2D eigenvalue weighted by atomic mass is 10.0. The standard InChI is InChI=1S/C14H9F2N3.C11H16N2O/c1-8-2-4-11-13(17-7-18-14(11)19-8)10-5-3-9(15)6-12(10)16;1-2-6-14-11(3-1)9-7-12-13(8-9)10-4-5-10/h2-7H,1H3;7-8,10-11H,1-6H2. The van der Waals surface area contributed by atoms with E-state index in [4.69, 9.17) is 4.74 Å². The first-order chi connectivity index (χ1) is 16.1. The van der Waals surface area contributed by atoms with Crippen LogP contribution in [0.4, 0.5) is 8.78 Å². The van der Waals surface area contributed by atoms with Crippen LogP contribution < -0.4 is 0 Å². The van der Waals surface area contributed by atoms with Crippen molar-refractivity contribution in [2.24, 2.45) is 0 Å². The molecule has 1 unspecified atom stereocenters. The largest absolute Gasteiger partial charge is 0.373 e. The molecule has 4 aromatic rings. The fourth-order valence-corrected chi connectivity index (χ4v) is 3.99. The van der Waals surface area contributed by atoms with Crippen molar-refractivity contribution < 1.29 is 13.5 Å². The van der Waals surface area contributed by atoms with Crippen LogP contribution in [0.3, 0.4) is 0 Å². The van der Waals surface area contributed by atoms with Gasteiger partial charge in [0.25, 0.3) is 0 Å². The molecule has 0 bridgehead atoms. The average molecular weight is 450 g/mol. The molecule has 8 heteroatoms. The Bertz CT molecular complexity index is 1260. The van der Waals surface area contributed by atoms with Crippen LogP contribution in [0.2, 0.25) is 0 Å². The van der Waals surface area contributed by atoms with Crippen LogP contribution in [0.15, 0.2) is 49.1 Å². The molecular weight excluding hydrogens is 424 g/mol. The van der Waals surface area contributed by atoms with Gasteiger partial charge in [-0.1, -0.05) is 0 Å². The summed E-state index contributed by atoms with van der Waals surface area (Å²) in [5, 5.41) is 5.03. The van der Waals surface area contributed by atoms with Gasteiger partial charge in [-0.25, -0.2) is 23.7 Å². The van der Waals surface area contributed by atoms with Crippen LogP contribution in [0.5, 0.6) is 0 Å². The quantitative estimate of drug-likeness (QED) is 0.399. The highest BCUT2D eigenvalue weighted by Crippen LogP contribution is 2.36. The molecule has 1 atom stereocenters. The van der Waals surface area contributed by atoms with E-state index in [9.17, 15) is 8.78 Å². The number of rotatable bonds is 3. The van der Waals surface area contributed by atoms with E-state index in [1.165, 1.54) is 49.7 Å². The molecule has 1 saturated carbocycles. The number of fused-ring (bicyclic) bond motifs is 1. The summed E-state index contributed by atoms with van der Waals surface area (Å²) < 4.78 is 34.6. The molecule has 6 nitrogen and oxygen atoms in total. The van der Waals surface area contributed by atoms with Gasteiger partial charge in [0.15, 0.2) is 5.65 Å². The second kappa shape index (κ2) is 9.31. The van der Waals surface area contributed by atoms with Crippen LogP contribution >= 0.6 is 0 Å². The molecule has 0 amide bonds. The second-order valence-corrected chi connectivity index (χ2v) is 8.51. The van der Waals surface area contributed by atoms with Crippen molar-refractivity contribution in [2.45, 2.75) is 51.2 Å². The molecule has 1 aliphatic carbocycles. The molecule has 1 aliphatic heterocycles. The highest BCUT2D eigenvalue weighted by molar-refractivity contribution is 5.90. The van der Waals surface area contributed by atoms with Gasteiger partial charge >= 0.3 is 0 Å². The molecule has 2 aliphatic rings. The van der Waals surface area contributed by atoms with Gasteiger partial charge in [0.1, 0.15) is 18.0 Å².